The second kappa shape index (κ2) is 9.28. The highest BCUT2D eigenvalue weighted by Crippen LogP contribution is 2.28. The van der Waals surface area contributed by atoms with Crippen molar-refractivity contribution in [2.24, 2.45) is 0 Å². The summed E-state index contributed by atoms with van der Waals surface area (Å²) in [5, 5.41) is 2.82. The Labute approximate surface area is 171 Å². The maximum atomic E-state index is 12.7. The quantitative estimate of drug-likeness (QED) is 0.713. The predicted octanol–water partition coefficient (Wildman–Crippen LogP) is 2.81. The van der Waals surface area contributed by atoms with E-state index in [1.165, 1.54) is 16.4 Å². The first kappa shape index (κ1) is 21.1. The third-order valence-electron chi connectivity index (χ3n) is 4.78. The van der Waals surface area contributed by atoms with Gasteiger partial charge in [0.05, 0.1) is 18.6 Å². The number of ether oxygens (including phenoxy) is 2. The van der Waals surface area contributed by atoms with Gasteiger partial charge in [-0.25, -0.2) is 8.42 Å². The number of nitrogens with one attached hydrogen (secondary N) is 1. The number of nitrogens with zero attached hydrogens (tertiary/aromatic N) is 1. The van der Waals surface area contributed by atoms with Gasteiger partial charge in [0.25, 0.3) is 5.91 Å². The van der Waals surface area contributed by atoms with Gasteiger partial charge in [0.1, 0.15) is 0 Å². The molecule has 1 saturated heterocycles. The van der Waals surface area contributed by atoms with Gasteiger partial charge in [0.2, 0.25) is 10.0 Å². The van der Waals surface area contributed by atoms with Gasteiger partial charge < -0.3 is 14.8 Å². The Morgan fingerprint density at radius 2 is 1.86 bits per heavy atom. The average molecular weight is 419 g/mol. The van der Waals surface area contributed by atoms with Gasteiger partial charge in [-0.1, -0.05) is 12.1 Å². The molecule has 0 aliphatic carbocycles. The number of hydrogen-bond donors (Lipinski definition) is 1. The highest BCUT2D eigenvalue weighted by Gasteiger charge is 2.27. The third kappa shape index (κ3) is 4.89. The standard InChI is InChI=1S/C21H26N2O5S/c1-3-28-19-10-9-16(13-20(19)27-2)15-22-21(24)17-7-6-8-18(14-17)29(25,26)23-11-4-5-12-23/h6-10,13-14H,3-5,11-12,15H2,1-2H3,(H,22,24). The van der Waals surface area contributed by atoms with Crippen LogP contribution < -0.4 is 14.8 Å². The summed E-state index contributed by atoms with van der Waals surface area (Å²) in [5.41, 5.74) is 1.16. The molecule has 1 aliphatic heterocycles. The van der Waals surface area contributed by atoms with Gasteiger partial charge in [-0.15, -0.1) is 0 Å². The van der Waals surface area contributed by atoms with Gasteiger partial charge in [-0.2, -0.15) is 4.31 Å². The number of methoxy groups -OCH3 is 1. The van der Waals surface area contributed by atoms with Crippen molar-refractivity contribution in [1.29, 1.82) is 0 Å². The summed E-state index contributed by atoms with van der Waals surface area (Å²) in [6.45, 7) is 3.76. The smallest absolute Gasteiger partial charge is 0.251 e. The molecule has 1 aliphatic rings. The average Bonchev–Trinajstić information content (AvgIpc) is 3.29. The molecule has 2 aromatic carbocycles. The number of carbonyl (C=O) groups excluding carboxylic acids is 1. The van der Waals surface area contributed by atoms with E-state index in [1.54, 1.807) is 31.4 Å². The Hall–Kier alpha value is -2.58. The van der Waals surface area contributed by atoms with Crippen LogP contribution in [-0.4, -0.2) is 45.4 Å². The minimum absolute atomic E-state index is 0.148. The molecule has 0 bridgehead atoms. The minimum Gasteiger partial charge on any atom is -0.493 e. The first-order valence-electron chi connectivity index (χ1n) is 9.64. The molecule has 1 N–H and O–H groups in total. The summed E-state index contributed by atoms with van der Waals surface area (Å²) in [4.78, 5) is 12.7. The molecule has 0 atom stereocenters. The second-order valence-corrected chi connectivity index (χ2v) is 8.68. The van der Waals surface area contributed by atoms with Gasteiger partial charge in [0.15, 0.2) is 11.5 Å². The summed E-state index contributed by atoms with van der Waals surface area (Å²) in [6.07, 6.45) is 1.73. The fourth-order valence-corrected chi connectivity index (χ4v) is 4.82. The molecule has 2 aromatic rings. The monoisotopic (exact) mass is 418 g/mol. The van der Waals surface area contributed by atoms with Crippen LogP contribution in [0.3, 0.4) is 0 Å². The highest BCUT2D eigenvalue weighted by molar-refractivity contribution is 7.89. The van der Waals surface area contributed by atoms with Crippen molar-refractivity contribution >= 4 is 15.9 Å². The number of sulfonamides is 1. The zero-order valence-corrected chi connectivity index (χ0v) is 17.5. The molecule has 3 rings (SSSR count). The van der Waals surface area contributed by atoms with Crippen molar-refractivity contribution in [1.82, 2.24) is 9.62 Å². The Bertz CT molecular complexity index is 969. The van der Waals surface area contributed by atoms with Crippen LogP contribution in [0.25, 0.3) is 0 Å². The minimum atomic E-state index is -3.56. The van der Waals surface area contributed by atoms with E-state index in [4.69, 9.17) is 9.47 Å². The molecule has 7 nitrogen and oxygen atoms in total. The molecule has 0 aromatic heterocycles. The zero-order valence-electron chi connectivity index (χ0n) is 16.7. The maximum Gasteiger partial charge on any atom is 0.251 e. The van der Waals surface area contributed by atoms with Crippen LogP contribution >= 0.6 is 0 Å². The Kier molecular flexibility index (Phi) is 6.76. The molecule has 1 fully saturated rings. The number of carbonyl (C=O) groups is 1. The molecule has 0 radical (unpaired) electrons. The largest absolute Gasteiger partial charge is 0.493 e. The number of benzene rings is 2. The van der Waals surface area contributed by atoms with E-state index in [0.29, 0.717) is 36.8 Å². The Morgan fingerprint density at radius 1 is 1.10 bits per heavy atom. The van der Waals surface area contributed by atoms with Crippen molar-refractivity contribution in [3.8, 4) is 11.5 Å². The molecule has 8 heteroatoms. The Balaban J connectivity index is 1.70. The normalized spacial score (nSPS) is 14.6. The summed E-state index contributed by atoms with van der Waals surface area (Å²) >= 11 is 0. The van der Waals surface area contributed by atoms with Gasteiger partial charge >= 0.3 is 0 Å². The van der Waals surface area contributed by atoms with Gasteiger partial charge in [-0.3, -0.25) is 4.79 Å². The third-order valence-corrected chi connectivity index (χ3v) is 6.67. The topological polar surface area (TPSA) is 84.9 Å². The van der Waals surface area contributed by atoms with E-state index >= 15 is 0 Å². The lowest BCUT2D eigenvalue weighted by atomic mass is 10.1. The Morgan fingerprint density at radius 3 is 2.55 bits per heavy atom. The van der Waals surface area contributed by atoms with Gasteiger partial charge in [0, 0.05) is 25.2 Å². The van der Waals surface area contributed by atoms with Crippen LogP contribution in [-0.2, 0) is 16.6 Å². The SMILES string of the molecule is CCOc1ccc(CNC(=O)c2cccc(S(=O)(=O)N3CCCC3)c2)cc1OC. The van der Waals surface area contributed by atoms with Crippen LogP contribution in [0.1, 0.15) is 35.7 Å². The lowest BCUT2D eigenvalue weighted by Crippen LogP contribution is -2.28. The molecule has 156 valence electrons. The van der Waals surface area contributed by atoms with Crippen LogP contribution in [0.4, 0.5) is 0 Å². The first-order chi connectivity index (χ1) is 14.0. The maximum absolute atomic E-state index is 12.7. The van der Waals surface area contributed by atoms with Gasteiger partial charge in [-0.05, 0) is 55.7 Å². The van der Waals surface area contributed by atoms with Crippen LogP contribution in [0, 0.1) is 0 Å². The zero-order chi connectivity index (χ0) is 20.9. The fourth-order valence-electron chi connectivity index (χ4n) is 3.26. The molecular formula is C21H26N2O5S. The van der Waals surface area contributed by atoms with Crippen molar-refractivity contribution in [2.75, 3.05) is 26.8 Å². The number of rotatable bonds is 8. The van der Waals surface area contributed by atoms with Crippen molar-refractivity contribution in [2.45, 2.75) is 31.2 Å². The summed E-state index contributed by atoms with van der Waals surface area (Å²) in [5.74, 6) is 0.901. The number of hydrogen-bond acceptors (Lipinski definition) is 5. The molecule has 1 amide bonds. The van der Waals surface area contributed by atoms with Crippen LogP contribution in [0.5, 0.6) is 11.5 Å². The molecule has 0 spiro atoms. The van der Waals surface area contributed by atoms with E-state index in [0.717, 1.165) is 18.4 Å². The predicted molar refractivity (Wildman–Crippen MR) is 110 cm³/mol. The van der Waals surface area contributed by atoms with Crippen molar-refractivity contribution in [3.05, 3.63) is 53.6 Å². The second-order valence-electron chi connectivity index (χ2n) is 6.74. The summed E-state index contributed by atoms with van der Waals surface area (Å²) in [7, 11) is -2.00. The van der Waals surface area contributed by atoms with E-state index in [-0.39, 0.29) is 17.3 Å². The van der Waals surface area contributed by atoms with Crippen molar-refractivity contribution < 1.29 is 22.7 Å². The molecule has 0 unspecified atom stereocenters. The van der Waals surface area contributed by atoms with Crippen LogP contribution in [0.2, 0.25) is 0 Å². The van der Waals surface area contributed by atoms with E-state index in [9.17, 15) is 13.2 Å². The van der Waals surface area contributed by atoms with Crippen molar-refractivity contribution in [3.63, 3.8) is 0 Å². The highest BCUT2D eigenvalue weighted by atomic mass is 32.2. The van der Waals surface area contributed by atoms with E-state index < -0.39 is 10.0 Å². The molecule has 0 saturated carbocycles. The van der Waals surface area contributed by atoms with E-state index in [1.807, 2.05) is 13.0 Å². The molecule has 1 heterocycles. The first-order valence-corrected chi connectivity index (χ1v) is 11.1. The van der Waals surface area contributed by atoms with E-state index in [2.05, 4.69) is 5.32 Å². The lowest BCUT2D eigenvalue weighted by Gasteiger charge is -2.16. The molecular weight excluding hydrogens is 392 g/mol. The summed E-state index contributed by atoms with van der Waals surface area (Å²) < 4.78 is 37.7. The van der Waals surface area contributed by atoms with Crippen LogP contribution in [0.15, 0.2) is 47.4 Å². The molecule has 29 heavy (non-hydrogen) atoms. The number of amides is 1. The fraction of sp³-hybridized carbons (Fsp3) is 0.381. The summed E-state index contributed by atoms with van der Waals surface area (Å²) in [6, 6.07) is 11.6. The lowest BCUT2D eigenvalue weighted by molar-refractivity contribution is 0.0950.